The van der Waals surface area contributed by atoms with Gasteiger partial charge in [-0.3, -0.25) is 0 Å². The Bertz CT molecular complexity index is 338. The summed E-state index contributed by atoms with van der Waals surface area (Å²) in [6.45, 7) is 6.70. The highest BCUT2D eigenvalue weighted by Crippen LogP contribution is 2.32. The molecule has 1 N–H and O–H groups in total. The number of nitrogens with zero attached hydrogens (tertiary/aromatic N) is 1. The fourth-order valence-electron chi connectivity index (χ4n) is 2.19. The number of aromatic amines is 1. The van der Waals surface area contributed by atoms with Gasteiger partial charge in [0.25, 0.3) is 0 Å². The number of rotatable bonds is 5. The summed E-state index contributed by atoms with van der Waals surface area (Å²) in [5, 5.41) is 0. The van der Waals surface area contributed by atoms with E-state index in [1.54, 1.807) is 0 Å². The molecule has 0 radical (unpaired) electrons. The molecule has 1 aromatic heterocycles. The Morgan fingerprint density at radius 2 is 2.00 bits per heavy atom. The Morgan fingerprint density at radius 1 is 1.40 bits per heavy atom. The normalized spacial score (nSPS) is 11.3. The van der Waals surface area contributed by atoms with Crippen LogP contribution in [-0.2, 0) is 5.41 Å². The van der Waals surface area contributed by atoms with E-state index in [-0.39, 0.29) is 5.41 Å². The van der Waals surface area contributed by atoms with Gasteiger partial charge in [-0.15, -0.1) is 6.42 Å². The van der Waals surface area contributed by atoms with Gasteiger partial charge in [-0.05, 0) is 18.8 Å². The molecule has 2 nitrogen and oxygen atoms in total. The molecule has 0 amide bonds. The lowest BCUT2D eigenvalue weighted by Gasteiger charge is -2.26. The number of nitrogens with one attached hydrogen (secondary N) is 1. The zero-order valence-corrected chi connectivity index (χ0v) is 9.93. The van der Waals surface area contributed by atoms with E-state index < -0.39 is 0 Å². The summed E-state index contributed by atoms with van der Waals surface area (Å²) in [4.78, 5) is 7.48. The van der Waals surface area contributed by atoms with Crippen LogP contribution in [-0.4, -0.2) is 9.97 Å². The molecule has 1 aromatic rings. The van der Waals surface area contributed by atoms with E-state index in [0.717, 1.165) is 18.5 Å². The average molecular weight is 204 g/mol. The molecular formula is C13H20N2. The number of hydrogen-bond donors (Lipinski definition) is 1. The van der Waals surface area contributed by atoms with Crippen molar-refractivity contribution >= 4 is 0 Å². The lowest BCUT2D eigenvalue weighted by atomic mass is 9.79. The zero-order valence-electron chi connectivity index (χ0n) is 9.93. The Hall–Kier alpha value is -1.23. The van der Waals surface area contributed by atoms with Gasteiger partial charge in [-0.2, -0.15) is 0 Å². The van der Waals surface area contributed by atoms with Crippen molar-refractivity contribution in [1.29, 1.82) is 0 Å². The van der Waals surface area contributed by atoms with Crippen LogP contribution in [0.15, 0.2) is 6.20 Å². The molecule has 0 bridgehead atoms. The smallest absolute Gasteiger partial charge is 0.182 e. The van der Waals surface area contributed by atoms with Crippen LogP contribution in [0.5, 0.6) is 0 Å². The van der Waals surface area contributed by atoms with Crippen molar-refractivity contribution in [3.63, 3.8) is 0 Å². The van der Waals surface area contributed by atoms with E-state index >= 15 is 0 Å². The van der Waals surface area contributed by atoms with Crippen LogP contribution in [0.2, 0.25) is 0 Å². The highest BCUT2D eigenvalue weighted by atomic mass is 14.9. The molecule has 15 heavy (non-hydrogen) atoms. The lowest BCUT2D eigenvalue weighted by molar-refractivity contribution is 0.383. The fraction of sp³-hybridized carbons (Fsp3) is 0.615. The molecule has 0 saturated carbocycles. The van der Waals surface area contributed by atoms with Gasteiger partial charge >= 0.3 is 0 Å². The van der Waals surface area contributed by atoms with Crippen molar-refractivity contribution in [3.8, 4) is 12.3 Å². The molecule has 1 rings (SSSR count). The minimum Gasteiger partial charge on any atom is -0.338 e. The minimum atomic E-state index is 0.176. The predicted octanol–water partition coefficient (Wildman–Crippen LogP) is 3.25. The molecule has 0 aliphatic rings. The van der Waals surface area contributed by atoms with Crippen molar-refractivity contribution < 1.29 is 0 Å². The Morgan fingerprint density at radius 3 is 2.40 bits per heavy atom. The third kappa shape index (κ3) is 2.62. The first-order valence-electron chi connectivity index (χ1n) is 5.68. The van der Waals surface area contributed by atoms with E-state index in [2.05, 4.69) is 36.7 Å². The largest absolute Gasteiger partial charge is 0.338 e. The topological polar surface area (TPSA) is 28.7 Å². The quantitative estimate of drug-likeness (QED) is 0.733. The van der Waals surface area contributed by atoms with Gasteiger partial charge in [0, 0.05) is 11.6 Å². The van der Waals surface area contributed by atoms with Crippen molar-refractivity contribution in [1.82, 2.24) is 9.97 Å². The molecule has 0 spiro atoms. The molecule has 0 aromatic carbocycles. The lowest BCUT2D eigenvalue weighted by Crippen LogP contribution is -2.22. The summed E-state index contributed by atoms with van der Waals surface area (Å²) in [6, 6.07) is 0. The number of terminal acetylenes is 1. The van der Waals surface area contributed by atoms with Gasteiger partial charge < -0.3 is 4.98 Å². The highest BCUT2D eigenvalue weighted by Gasteiger charge is 2.27. The van der Waals surface area contributed by atoms with Crippen LogP contribution in [0.3, 0.4) is 0 Å². The van der Waals surface area contributed by atoms with Gasteiger partial charge in [0.15, 0.2) is 5.82 Å². The van der Waals surface area contributed by atoms with E-state index in [1.165, 1.54) is 12.8 Å². The molecule has 0 unspecified atom stereocenters. The van der Waals surface area contributed by atoms with E-state index in [4.69, 9.17) is 6.42 Å². The van der Waals surface area contributed by atoms with Gasteiger partial charge in [0.05, 0.1) is 5.69 Å². The summed E-state index contributed by atoms with van der Waals surface area (Å²) < 4.78 is 0. The summed E-state index contributed by atoms with van der Waals surface area (Å²) >= 11 is 0. The first kappa shape index (κ1) is 11.8. The Kier molecular flexibility index (Phi) is 3.96. The summed E-state index contributed by atoms with van der Waals surface area (Å²) in [6.07, 6.45) is 11.9. The molecule has 0 atom stereocenters. The zero-order chi connectivity index (χ0) is 11.3. The average Bonchev–Trinajstić information content (AvgIpc) is 2.67. The van der Waals surface area contributed by atoms with Crippen LogP contribution in [0.1, 0.15) is 58.0 Å². The van der Waals surface area contributed by atoms with E-state index in [9.17, 15) is 0 Å². The first-order chi connectivity index (χ1) is 7.16. The number of hydrogen-bond acceptors (Lipinski definition) is 1. The molecular weight excluding hydrogens is 184 g/mol. The van der Waals surface area contributed by atoms with Crippen LogP contribution in [0.4, 0.5) is 0 Å². The number of imidazole rings is 1. The second-order valence-corrected chi connectivity index (χ2v) is 4.34. The van der Waals surface area contributed by atoms with Crippen molar-refractivity contribution in [2.75, 3.05) is 0 Å². The number of H-pyrrole nitrogens is 1. The Labute approximate surface area is 92.5 Å². The van der Waals surface area contributed by atoms with Crippen LogP contribution in [0.25, 0.3) is 0 Å². The maximum absolute atomic E-state index is 5.31. The van der Waals surface area contributed by atoms with Crippen LogP contribution < -0.4 is 0 Å². The van der Waals surface area contributed by atoms with Crippen LogP contribution >= 0.6 is 0 Å². The van der Waals surface area contributed by atoms with Gasteiger partial charge in [0.2, 0.25) is 0 Å². The maximum atomic E-state index is 5.31. The molecule has 1 heterocycles. The van der Waals surface area contributed by atoms with E-state index in [1.807, 2.05) is 6.20 Å². The molecule has 2 heteroatoms. The first-order valence-corrected chi connectivity index (χ1v) is 5.68. The van der Waals surface area contributed by atoms with E-state index in [0.29, 0.717) is 5.82 Å². The van der Waals surface area contributed by atoms with Gasteiger partial charge in [0.1, 0.15) is 0 Å². The SMILES string of the molecule is C#Cc1nc(C(C)(CCC)CCC)c[nH]1. The third-order valence-corrected chi connectivity index (χ3v) is 2.94. The highest BCUT2D eigenvalue weighted by molar-refractivity contribution is 5.22. The summed E-state index contributed by atoms with van der Waals surface area (Å²) in [5.74, 6) is 3.18. The predicted molar refractivity (Wildman–Crippen MR) is 63.7 cm³/mol. The van der Waals surface area contributed by atoms with Crippen LogP contribution in [0, 0.1) is 12.3 Å². The summed E-state index contributed by atoms with van der Waals surface area (Å²) in [5.41, 5.74) is 1.29. The molecule has 0 saturated heterocycles. The fourth-order valence-corrected chi connectivity index (χ4v) is 2.19. The minimum absolute atomic E-state index is 0.176. The molecule has 0 aliphatic carbocycles. The molecule has 0 fully saturated rings. The van der Waals surface area contributed by atoms with Gasteiger partial charge in [-0.1, -0.05) is 33.6 Å². The van der Waals surface area contributed by atoms with Crippen molar-refractivity contribution in [2.45, 2.75) is 51.9 Å². The number of aromatic nitrogens is 2. The molecule has 0 aliphatic heterocycles. The second kappa shape index (κ2) is 5.02. The Balaban J connectivity index is 2.93. The third-order valence-electron chi connectivity index (χ3n) is 2.94. The second-order valence-electron chi connectivity index (χ2n) is 4.34. The van der Waals surface area contributed by atoms with Crippen molar-refractivity contribution in [3.05, 3.63) is 17.7 Å². The monoisotopic (exact) mass is 204 g/mol. The standard InChI is InChI=1S/C13H20N2/c1-5-8-13(4,9-6-2)11-10-14-12(7-3)15-11/h3,10H,5-6,8-9H2,1-2,4H3,(H,14,15). The van der Waals surface area contributed by atoms with Crippen molar-refractivity contribution in [2.24, 2.45) is 0 Å². The van der Waals surface area contributed by atoms with Gasteiger partial charge in [-0.25, -0.2) is 4.98 Å². The molecule has 82 valence electrons. The summed E-state index contributed by atoms with van der Waals surface area (Å²) in [7, 11) is 0. The maximum Gasteiger partial charge on any atom is 0.182 e.